The van der Waals surface area contributed by atoms with Crippen LogP contribution in [0.1, 0.15) is 16.8 Å². The standard InChI is InChI=1S/C18H17N3O7/c22-16(12-28-17(23)9-10-27-15-7-2-1-3-8-15)19-20-18(24)13-5-4-6-14(11-13)21(25)26/h1-8,11H,9-10,12H2,(H,19,22)(H,20,24). The molecule has 2 aromatic carbocycles. The molecular weight excluding hydrogens is 370 g/mol. The fraction of sp³-hybridized carbons (Fsp3) is 0.167. The topological polar surface area (TPSA) is 137 Å². The van der Waals surface area contributed by atoms with Gasteiger partial charge in [-0.1, -0.05) is 24.3 Å². The Morgan fingerprint density at radius 3 is 2.46 bits per heavy atom. The van der Waals surface area contributed by atoms with E-state index in [0.717, 1.165) is 6.07 Å². The summed E-state index contributed by atoms with van der Waals surface area (Å²) in [7, 11) is 0. The van der Waals surface area contributed by atoms with E-state index < -0.39 is 29.3 Å². The minimum Gasteiger partial charge on any atom is -0.493 e. The van der Waals surface area contributed by atoms with Crippen molar-refractivity contribution in [2.45, 2.75) is 6.42 Å². The van der Waals surface area contributed by atoms with Crippen molar-refractivity contribution in [1.82, 2.24) is 10.9 Å². The molecule has 0 aliphatic rings. The molecule has 28 heavy (non-hydrogen) atoms. The summed E-state index contributed by atoms with van der Waals surface area (Å²) < 4.78 is 10.1. The third-order valence-corrected chi connectivity index (χ3v) is 3.32. The first-order chi connectivity index (χ1) is 13.5. The Balaban J connectivity index is 1.66. The monoisotopic (exact) mass is 387 g/mol. The van der Waals surface area contributed by atoms with E-state index in [9.17, 15) is 24.5 Å². The highest BCUT2D eigenvalue weighted by atomic mass is 16.6. The van der Waals surface area contributed by atoms with E-state index >= 15 is 0 Å². The first-order valence-electron chi connectivity index (χ1n) is 8.13. The predicted octanol–water partition coefficient (Wildman–Crippen LogP) is 1.37. The predicted molar refractivity (Wildman–Crippen MR) is 96.2 cm³/mol. The lowest BCUT2D eigenvalue weighted by Crippen LogP contribution is -2.43. The number of hydrogen-bond donors (Lipinski definition) is 2. The van der Waals surface area contributed by atoms with Gasteiger partial charge in [-0.05, 0) is 18.2 Å². The van der Waals surface area contributed by atoms with E-state index in [4.69, 9.17) is 9.47 Å². The lowest BCUT2D eigenvalue weighted by atomic mass is 10.2. The Bertz CT molecular complexity index is 855. The van der Waals surface area contributed by atoms with E-state index in [1.165, 1.54) is 18.2 Å². The number of amides is 2. The molecule has 0 aliphatic carbocycles. The van der Waals surface area contributed by atoms with Crippen molar-refractivity contribution in [3.8, 4) is 5.75 Å². The summed E-state index contributed by atoms with van der Waals surface area (Å²) in [6.45, 7) is -0.507. The first-order valence-corrected chi connectivity index (χ1v) is 8.13. The van der Waals surface area contributed by atoms with Gasteiger partial charge in [0.2, 0.25) is 0 Å². The van der Waals surface area contributed by atoms with Crippen molar-refractivity contribution in [3.05, 3.63) is 70.3 Å². The van der Waals surface area contributed by atoms with Gasteiger partial charge in [0.1, 0.15) is 5.75 Å². The van der Waals surface area contributed by atoms with Crippen LogP contribution in [-0.2, 0) is 14.3 Å². The Hall–Kier alpha value is -3.95. The summed E-state index contributed by atoms with van der Waals surface area (Å²) in [5, 5.41) is 10.7. The number of nitro groups is 1. The molecule has 0 aromatic heterocycles. The molecule has 0 saturated carbocycles. The van der Waals surface area contributed by atoms with E-state index in [1.54, 1.807) is 24.3 Å². The van der Waals surface area contributed by atoms with Crippen molar-refractivity contribution < 1.29 is 28.8 Å². The van der Waals surface area contributed by atoms with Crippen LogP contribution in [0.2, 0.25) is 0 Å². The summed E-state index contributed by atoms with van der Waals surface area (Å²) in [6.07, 6.45) is -0.0534. The Morgan fingerprint density at radius 2 is 1.75 bits per heavy atom. The summed E-state index contributed by atoms with van der Waals surface area (Å²) in [5.41, 5.74) is 3.86. The molecule has 0 radical (unpaired) electrons. The Morgan fingerprint density at radius 1 is 1.00 bits per heavy atom. The fourth-order valence-corrected chi connectivity index (χ4v) is 1.98. The number of ether oxygens (including phenoxy) is 2. The minimum absolute atomic E-state index is 0.00967. The van der Waals surface area contributed by atoms with E-state index in [-0.39, 0.29) is 24.3 Å². The number of carbonyl (C=O) groups is 3. The number of benzene rings is 2. The van der Waals surface area contributed by atoms with Crippen LogP contribution in [0.25, 0.3) is 0 Å². The zero-order chi connectivity index (χ0) is 20.4. The molecule has 0 saturated heterocycles. The fourth-order valence-electron chi connectivity index (χ4n) is 1.98. The van der Waals surface area contributed by atoms with Crippen LogP contribution in [-0.4, -0.2) is 35.9 Å². The number of para-hydroxylation sites is 1. The zero-order valence-corrected chi connectivity index (χ0v) is 14.6. The smallest absolute Gasteiger partial charge is 0.309 e. The van der Waals surface area contributed by atoms with Crippen molar-refractivity contribution in [1.29, 1.82) is 0 Å². The van der Waals surface area contributed by atoms with Gasteiger partial charge < -0.3 is 9.47 Å². The highest BCUT2D eigenvalue weighted by Crippen LogP contribution is 2.12. The highest BCUT2D eigenvalue weighted by molar-refractivity contribution is 5.96. The maximum Gasteiger partial charge on any atom is 0.309 e. The van der Waals surface area contributed by atoms with Crippen LogP contribution in [0.5, 0.6) is 5.75 Å². The van der Waals surface area contributed by atoms with Crippen LogP contribution in [0.15, 0.2) is 54.6 Å². The Labute approximate surface area is 159 Å². The number of hydrogen-bond acceptors (Lipinski definition) is 7. The number of hydrazine groups is 1. The quantitative estimate of drug-likeness (QED) is 0.396. The minimum atomic E-state index is -0.767. The molecule has 10 heteroatoms. The molecule has 0 fully saturated rings. The average Bonchev–Trinajstić information content (AvgIpc) is 2.71. The molecule has 10 nitrogen and oxygen atoms in total. The maximum absolute atomic E-state index is 11.9. The Kier molecular flexibility index (Phi) is 7.46. The summed E-state index contributed by atoms with van der Waals surface area (Å²) in [4.78, 5) is 45.1. The van der Waals surface area contributed by atoms with Crippen molar-refractivity contribution >= 4 is 23.5 Å². The normalized spacial score (nSPS) is 9.86. The van der Waals surface area contributed by atoms with Crippen LogP contribution >= 0.6 is 0 Å². The number of nitrogens with one attached hydrogen (secondary N) is 2. The van der Waals surface area contributed by atoms with Crippen LogP contribution in [0, 0.1) is 10.1 Å². The van der Waals surface area contributed by atoms with E-state index in [0.29, 0.717) is 5.75 Å². The van der Waals surface area contributed by atoms with E-state index in [2.05, 4.69) is 10.9 Å². The van der Waals surface area contributed by atoms with Gasteiger partial charge in [-0.2, -0.15) is 0 Å². The summed E-state index contributed by atoms with van der Waals surface area (Å²) >= 11 is 0. The molecule has 2 aromatic rings. The molecule has 0 atom stereocenters. The maximum atomic E-state index is 11.9. The van der Waals surface area contributed by atoms with Gasteiger partial charge in [-0.15, -0.1) is 0 Å². The number of non-ortho nitro benzene ring substituents is 1. The average molecular weight is 387 g/mol. The zero-order valence-electron chi connectivity index (χ0n) is 14.6. The van der Waals surface area contributed by atoms with Gasteiger partial charge in [-0.3, -0.25) is 35.3 Å². The van der Waals surface area contributed by atoms with Gasteiger partial charge in [0.15, 0.2) is 6.61 Å². The number of esters is 1. The molecule has 2 amide bonds. The molecule has 0 spiro atoms. The SMILES string of the molecule is O=C(COC(=O)CCOc1ccccc1)NNC(=O)c1cccc([N+](=O)[O-])c1. The molecular formula is C18H17N3O7. The molecule has 0 unspecified atom stereocenters. The molecule has 0 aliphatic heterocycles. The third-order valence-electron chi connectivity index (χ3n) is 3.32. The molecule has 2 N–H and O–H groups in total. The summed E-state index contributed by atoms with van der Waals surface area (Å²) in [6, 6.07) is 13.9. The van der Waals surface area contributed by atoms with Crippen molar-refractivity contribution in [2.75, 3.05) is 13.2 Å². The van der Waals surface area contributed by atoms with E-state index in [1.807, 2.05) is 6.07 Å². The number of nitrogens with zero attached hydrogens (tertiary/aromatic N) is 1. The summed E-state index contributed by atoms with van der Waals surface area (Å²) in [5.74, 6) is -1.55. The lowest BCUT2D eigenvalue weighted by Gasteiger charge is -2.09. The number of rotatable bonds is 8. The number of nitro benzene ring substituents is 1. The van der Waals surface area contributed by atoms with Crippen LogP contribution in [0.4, 0.5) is 5.69 Å². The van der Waals surface area contributed by atoms with Crippen LogP contribution < -0.4 is 15.6 Å². The van der Waals surface area contributed by atoms with Crippen LogP contribution in [0.3, 0.4) is 0 Å². The lowest BCUT2D eigenvalue weighted by molar-refractivity contribution is -0.384. The highest BCUT2D eigenvalue weighted by Gasteiger charge is 2.13. The second-order valence-electron chi connectivity index (χ2n) is 5.38. The largest absolute Gasteiger partial charge is 0.493 e. The van der Waals surface area contributed by atoms with Crippen molar-refractivity contribution in [3.63, 3.8) is 0 Å². The third kappa shape index (κ3) is 6.75. The van der Waals surface area contributed by atoms with Gasteiger partial charge >= 0.3 is 5.97 Å². The molecule has 0 heterocycles. The second kappa shape index (κ2) is 10.3. The molecule has 2 rings (SSSR count). The molecule has 0 bridgehead atoms. The van der Waals surface area contributed by atoms with Crippen molar-refractivity contribution in [2.24, 2.45) is 0 Å². The van der Waals surface area contributed by atoms with Gasteiger partial charge in [-0.25, -0.2) is 0 Å². The molecule has 146 valence electrons. The van der Waals surface area contributed by atoms with Gasteiger partial charge in [0, 0.05) is 17.7 Å². The number of carbonyl (C=O) groups excluding carboxylic acids is 3. The van der Waals surface area contributed by atoms with Gasteiger partial charge in [0.05, 0.1) is 18.0 Å². The van der Waals surface area contributed by atoms with Gasteiger partial charge in [0.25, 0.3) is 17.5 Å². The first kappa shape index (κ1) is 20.4. The second-order valence-corrected chi connectivity index (χ2v) is 5.38.